The van der Waals surface area contributed by atoms with Crippen LogP contribution in [0.5, 0.6) is 0 Å². The Kier molecular flexibility index (Phi) is 4.98. The number of likely N-dealkylation sites (tertiary alicyclic amines) is 1. The highest BCUT2D eigenvalue weighted by atomic mass is 19.1. The van der Waals surface area contributed by atoms with Gasteiger partial charge in [-0.25, -0.2) is 4.39 Å². The molecule has 1 N–H and O–H groups in total. The van der Waals surface area contributed by atoms with Gasteiger partial charge in [0.1, 0.15) is 5.82 Å². The van der Waals surface area contributed by atoms with Gasteiger partial charge in [0.25, 0.3) is 0 Å². The summed E-state index contributed by atoms with van der Waals surface area (Å²) in [6.07, 6.45) is 5.34. The third-order valence-corrected chi connectivity index (χ3v) is 4.20. The second-order valence-electron chi connectivity index (χ2n) is 5.91. The van der Waals surface area contributed by atoms with Crippen molar-refractivity contribution in [1.82, 2.24) is 9.88 Å². The number of hydrogen-bond donors (Lipinski definition) is 1. The minimum Gasteiger partial charge on any atom is -0.326 e. The van der Waals surface area contributed by atoms with Gasteiger partial charge in [-0.15, -0.1) is 0 Å². The molecule has 0 atom stereocenters. The summed E-state index contributed by atoms with van der Waals surface area (Å²) in [7, 11) is 0. The van der Waals surface area contributed by atoms with E-state index >= 15 is 0 Å². The maximum Gasteiger partial charge on any atom is 0.227 e. The van der Waals surface area contributed by atoms with Gasteiger partial charge in [-0.1, -0.05) is 6.07 Å². The topological polar surface area (TPSA) is 45.2 Å². The zero-order chi connectivity index (χ0) is 16.1. The molecule has 1 amide bonds. The van der Waals surface area contributed by atoms with Crippen molar-refractivity contribution < 1.29 is 9.18 Å². The number of halogens is 1. The van der Waals surface area contributed by atoms with Crippen LogP contribution in [0.4, 0.5) is 10.1 Å². The summed E-state index contributed by atoms with van der Waals surface area (Å²) < 4.78 is 12.9. The predicted molar refractivity (Wildman–Crippen MR) is 87.3 cm³/mol. The van der Waals surface area contributed by atoms with Gasteiger partial charge in [0, 0.05) is 30.5 Å². The summed E-state index contributed by atoms with van der Waals surface area (Å²) in [6.45, 7) is 2.67. The van der Waals surface area contributed by atoms with Crippen LogP contribution in [0.3, 0.4) is 0 Å². The van der Waals surface area contributed by atoms with Crippen molar-refractivity contribution in [2.45, 2.75) is 19.4 Å². The van der Waals surface area contributed by atoms with Crippen LogP contribution in [0.25, 0.3) is 0 Å². The van der Waals surface area contributed by atoms with Crippen LogP contribution in [0.2, 0.25) is 0 Å². The molecule has 2 heterocycles. The van der Waals surface area contributed by atoms with E-state index < -0.39 is 0 Å². The molecular formula is C18H20FN3O. The van der Waals surface area contributed by atoms with E-state index in [1.54, 1.807) is 18.3 Å². The van der Waals surface area contributed by atoms with Crippen molar-refractivity contribution >= 4 is 11.6 Å². The minimum absolute atomic E-state index is 0.0187. The summed E-state index contributed by atoms with van der Waals surface area (Å²) in [5.74, 6) is -0.255. The molecule has 1 fully saturated rings. The number of piperidine rings is 1. The Morgan fingerprint density at radius 1 is 1.22 bits per heavy atom. The minimum atomic E-state index is -0.299. The third kappa shape index (κ3) is 4.36. The van der Waals surface area contributed by atoms with Crippen LogP contribution in [-0.4, -0.2) is 28.9 Å². The van der Waals surface area contributed by atoms with Crippen molar-refractivity contribution in [1.29, 1.82) is 0 Å². The smallest absolute Gasteiger partial charge is 0.227 e. The molecule has 4 nitrogen and oxygen atoms in total. The highest BCUT2D eigenvalue weighted by Crippen LogP contribution is 2.21. The van der Waals surface area contributed by atoms with Crippen molar-refractivity contribution in [3.05, 3.63) is 60.2 Å². The number of pyridine rings is 1. The number of amides is 1. The standard InChI is InChI=1S/C18H20FN3O/c19-16-3-5-17(6-4-16)21-18(23)15-7-10-22(11-8-15)13-14-2-1-9-20-12-14/h1-6,9,12,15H,7-8,10-11,13H2,(H,21,23). The maximum atomic E-state index is 12.9. The van der Waals surface area contributed by atoms with E-state index in [2.05, 4.69) is 21.3 Å². The quantitative estimate of drug-likeness (QED) is 0.943. The van der Waals surface area contributed by atoms with Gasteiger partial charge in [-0.05, 0) is 61.8 Å². The van der Waals surface area contributed by atoms with Gasteiger partial charge in [0.15, 0.2) is 0 Å². The van der Waals surface area contributed by atoms with Crippen molar-refractivity contribution in [3.8, 4) is 0 Å². The Hall–Kier alpha value is -2.27. The number of benzene rings is 1. The molecule has 23 heavy (non-hydrogen) atoms. The van der Waals surface area contributed by atoms with E-state index in [-0.39, 0.29) is 17.6 Å². The fourth-order valence-corrected chi connectivity index (χ4v) is 2.88. The first-order valence-corrected chi connectivity index (χ1v) is 7.88. The van der Waals surface area contributed by atoms with Crippen LogP contribution in [0.15, 0.2) is 48.8 Å². The van der Waals surface area contributed by atoms with Crippen LogP contribution in [0, 0.1) is 11.7 Å². The number of rotatable bonds is 4. The van der Waals surface area contributed by atoms with Crippen LogP contribution in [0.1, 0.15) is 18.4 Å². The molecule has 5 heteroatoms. The number of hydrogen-bond acceptors (Lipinski definition) is 3. The Labute approximate surface area is 135 Å². The van der Waals surface area contributed by atoms with Gasteiger partial charge in [0.05, 0.1) is 0 Å². The first-order chi connectivity index (χ1) is 11.2. The van der Waals surface area contributed by atoms with Crippen molar-refractivity contribution in [3.63, 3.8) is 0 Å². The SMILES string of the molecule is O=C(Nc1ccc(F)cc1)C1CCN(Cc2cccnc2)CC1. The lowest BCUT2D eigenvalue weighted by atomic mass is 9.95. The molecule has 3 rings (SSSR count). The van der Waals surface area contributed by atoms with Crippen LogP contribution < -0.4 is 5.32 Å². The summed E-state index contributed by atoms with van der Waals surface area (Å²) >= 11 is 0. The Morgan fingerprint density at radius 2 is 1.96 bits per heavy atom. The maximum absolute atomic E-state index is 12.9. The van der Waals surface area contributed by atoms with Gasteiger partial charge in [0.2, 0.25) is 5.91 Å². The lowest BCUT2D eigenvalue weighted by molar-refractivity contribution is -0.121. The predicted octanol–water partition coefficient (Wildman–Crippen LogP) is 3.07. The average Bonchev–Trinajstić information content (AvgIpc) is 2.58. The van der Waals surface area contributed by atoms with E-state index in [9.17, 15) is 9.18 Å². The molecule has 0 radical (unpaired) electrons. The molecule has 1 aromatic carbocycles. The Morgan fingerprint density at radius 3 is 2.61 bits per heavy atom. The molecular weight excluding hydrogens is 293 g/mol. The molecule has 0 unspecified atom stereocenters. The second kappa shape index (κ2) is 7.33. The van der Waals surface area contributed by atoms with Gasteiger partial charge < -0.3 is 5.32 Å². The number of aromatic nitrogens is 1. The fraction of sp³-hybridized carbons (Fsp3) is 0.333. The molecule has 0 saturated carbocycles. The second-order valence-corrected chi connectivity index (χ2v) is 5.91. The van der Waals surface area contributed by atoms with E-state index in [0.717, 1.165) is 32.5 Å². The molecule has 1 saturated heterocycles. The molecule has 0 spiro atoms. The summed E-state index contributed by atoms with van der Waals surface area (Å²) in [4.78, 5) is 18.8. The lowest BCUT2D eigenvalue weighted by Gasteiger charge is -2.31. The van der Waals surface area contributed by atoms with Gasteiger partial charge >= 0.3 is 0 Å². The number of anilines is 1. The molecule has 1 aliphatic heterocycles. The third-order valence-electron chi connectivity index (χ3n) is 4.20. The highest BCUT2D eigenvalue weighted by molar-refractivity contribution is 5.92. The lowest BCUT2D eigenvalue weighted by Crippen LogP contribution is -2.37. The zero-order valence-corrected chi connectivity index (χ0v) is 12.9. The van der Waals surface area contributed by atoms with E-state index in [1.165, 1.54) is 17.7 Å². The Balaban J connectivity index is 1.48. The fourth-order valence-electron chi connectivity index (χ4n) is 2.88. The van der Waals surface area contributed by atoms with Crippen LogP contribution >= 0.6 is 0 Å². The normalized spacial score (nSPS) is 16.2. The van der Waals surface area contributed by atoms with Crippen molar-refractivity contribution in [2.24, 2.45) is 5.92 Å². The molecule has 120 valence electrons. The Bertz CT molecular complexity index is 637. The van der Waals surface area contributed by atoms with E-state index in [1.807, 2.05) is 12.3 Å². The average molecular weight is 313 g/mol. The molecule has 2 aromatic rings. The van der Waals surface area contributed by atoms with E-state index in [0.29, 0.717) is 5.69 Å². The van der Waals surface area contributed by atoms with Crippen LogP contribution in [-0.2, 0) is 11.3 Å². The number of nitrogens with zero attached hydrogens (tertiary/aromatic N) is 2. The molecule has 1 aromatic heterocycles. The van der Waals surface area contributed by atoms with E-state index in [4.69, 9.17) is 0 Å². The molecule has 0 bridgehead atoms. The monoisotopic (exact) mass is 313 g/mol. The zero-order valence-electron chi connectivity index (χ0n) is 12.9. The largest absolute Gasteiger partial charge is 0.326 e. The first-order valence-electron chi connectivity index (χ1n) is 7.88. The number of carbonyl (C=O) groups is 1. The summed E-state index contributed by atoms with van der Waals surface area (Å²) in [5, 5.41) is 2.87. The van der Waals surface area contributed by atoms with Crippen molar-refractivity contribution in [2.75, 3.05) is 18.4 Å². The molecule has 0 aliphatic carbocycles. The van der Waals surface area contributed by atoms with Gasteiger partial charge in [-0.2, -0.15) is 0 Å². The number of nitrogens with one attached hydrogen (secondary N) is 1. The number of carbonyl (C=O) groups excluding carboxylic acids is 1. The summed E-state index contributed by atoms with van der Waals surface area (Å²) in [6, 6.07) is 9.90. The summed E-state index contributed by atoms with van der Waals surface area (Å²) in [5.41, 5.74) is 1.84. The van der Waals surface area contributed by atoms with Gasteiger partial charge in [-0.3, -0.25) is 14.7 Å². The molecule has 1 aliphatic rings. The first kappa shape index (κ1) is 15.6. The highest BCUT2D eigenvalue weighted by Gasteiger charge is 2.25.